The first-order valence-electron chi connectivity index (χ1n) is 3.63. The lowest BCUT2D eigenvalue weighted by atomic mass is 10.2. The largest absolute Gasteiger partial charge is 0.301 e. The Morgan fingerprint density at radius 3 is 2.36 bits per heavy atom. The highest BCUT2D eigenvalue weighted by Crippen LogP contribution is 2.26. The normalized spacial score (nSPS) is 13.6. The first-order chi connectivity index (χ1) is 6.46. The van der Waals surface area contributed by atoms with Crippen molar-refractivity contribution in [2.45, 2.75) is 5.25 Å². The predicted octanol–water partition coefficient (Wildman–Crippen LogP) is 1.47. The maximum atomic E-state index is 10.8. The van der Waals surface area contributed by atoms with Gasteiger partial charge in [0.1, 0.15) is 6.29 Å². The van der Waals surface area contributed by atoms with Crippen LogP contribution < -0.4 is 0 Å². The number of rotatable bonds is 3. The minimum atomic E-state index is -4.44. The summed E-state index contributed by atoms with van der Waals surface area (Å²) in [4.78, 5) is 10.5. The molecule has 14 heavy (non-hydrogen) atoms. The molecular weight excluding hydrogens is 228 g/mol. The van der Waals surface area contributed by atoms with Crippen molar-refractivity contribution in [1.29, 1.82) is 0 Å². The van der Waals surface area contributed by atoms with E-state index in [1.807, 2.05) is 0 Å². The molecule has 0 bridgehead atoms. The van der Waals surface area contributed by atoms with Gasteiger partial charge in [0.15, 0.2) is 5.25 Å². The quantitative estimate of drug-likeness (QED) is 0.635. The van der Waals surface area contributed by atoms with Crippen molar-refractivity contribution in [3.63, 3.8) is 0 Å². The fraction of sp³-hybridized carbons (Fsp3) is 0.125. The molecule has 0 aliphatic heterocycles. The van der Waals surface area contributed by atoms with Gasteiger partial charge in [-0.25, -0.2) is 0 Å². The summed E-state index contributed by atoms with van der Waals surface area (Å²) in [6.45, 7) is 0. The highest BCUT2D eigenvalue weighted by Gasteiger charge is 2.26. The number of halogens is 1. The average molecular weight is 235 g/mol. The Hall–Kier alpha value is -0.910. The molecule has 76 valence electrons. The lowest BCUT2D eigenvalue weighted by molar-refractivity contribution is -0.107. The molecular formula is C8H7ClO4S. The second-order valence-corrected chi connectivity index (χ2v) is 4.54. The van der Waals surface area contributed by atoms with E-state index >= 15 is 0 Å². The van der Waals surface area contributed by atoms with E-state index in [1.165, 1.54) is 18.2 Å². The van der Waals surface area contributed by atoms with Crippen LogP contribution in [0.4, 0.5) is 0 Å². The van der Waals surface area contributed by atoms with E-state index in [-0.39, 0.29) is 16.9 Å². The molecule has 0 radical (unpaired) electrons. The van der Waals surface area contributed by atoms with Gasteiger partial charge in [0.2, 0.25) is 0 Å². The predicted molar refractivity (Wildman–Crippen MR) is 51.8 cm³/mol. The summed E-state index contributed by atoms with van der Waals surface area (Å²) >= 11 is 5.67. The first kappa shape index (κ1) is 11.2. The van der Waals surface area contributed by atoms with Gasteiger partial charge in [-0.2, -0.15) is 8.42 Å². The molecule has 0 aromatic heterocycles. The van der Waals surface area contributed by atoms with Crippen molar-refractivity contribution in [3.05, 3.63) is 34.9 Å². The Kier molecular flexibility index (Phi) is 3.25. The van der Waals surface area contributed by atoms with Gasteiger partial charge in [0.25, 0.3) is 10.1 Å². The van der Waals surface area contributed by atoms with E-state index < -0.39 is 15.4 Å². The SMILES string of the molecule is O=CC(c1ccccc1Cl)S(=O)(=O)O. The van der Waals surface area contributed by atoms with Gasteiger partial charge in [-0.15, -0.1) is 0 Å². The Balaban J connectivity index is 3.28. The summed E-state index contributed by atoms with van der Waals surface area (Å²) < 4.78 is 30.3. The highest BCUT2D eigenvalue weighted by molar-refractivity contribution is 7.86. The van der Waals surface area contributed by atoms with Crippen LogP contribution in [-0.2, 0) is 14.9 Å². The third-order valence-electron chi connectivity index (χ3n) is 1.66. The average Bonchev–Trinajstić information content (AvgIpc) is 2.07. The summed E-state index contributed by atoms with van der Waals surface area (Å²) in [6.07, 6.45) is 0.135. The maximum Gasteiger partial charge on any atom is 0.279 e. The third-order valence-corrected chi connectivity index (χ3v) is 3.01. The number of hydrogen-bond donors (Lipinski definition) is 1. The van der Waals surface area contributed by atoms with Crippen LogP contribution in [0.5, 0.6) is 0 Å². The minimum absolute atomic E-state index is 0.0756. The lowest BCUT2D eigenvalue weighted by Crippen LogP contribution is -2.13. The second-order valence-electron chi connectivity index (χ2n) is 2.59. The second kappa shape index (κ2) is 4.08. The molecule has 0 heterocycles. The van der Waals surface area contributed by atoms with Crippen molar-refractivity contribution >= 4 is 28.0 Å². The Morgan fingerprint density at radius 2 is 1.93 bits per heavy atom. The van der Waals surface area contributed by atoms with Crippen LogP contribution in [0.1, 0.15) is 10.8 Å². The van der Waals surface area contributed by atoms with Crippen LogP contribution in [0.3, 0.4) is 0 Å². The number of carbonyl (C=O) groups is 1. The van der Waals surface area contributed by atoms with Crippen LogP contribution in [-0.4, -0.2) is 19.3 Å². The van der Waals surface area contributed by atoms with E-state index in [1.54, 1.807) is 6.07 Å². The van der Waals surface area contributed by atoms with E-state index in [2.05, 4.69) is 0 Å². The van der Waals surface area contributed by atoms with Crippen molar-refractivity contribution in [1.82, 2.24) is 0 Å². The smallest absolute Gasteiger partial charge is 0.279 e. The Labute approximate surface area is 86.3 Å². The van der Waals surface area contributed by atoms with E-state index in [9.17, 15) is 13.2 Å². The van der Waals surface area contributed by atoms with Gasteiger partial charge >= 0.3 is 0 Å². The molecule has 0 saturated heterocycles. The van der Waals surface area contributed by atoms with Gasteiger partial charge in [-0.1, -0.05) is 29.8 Å². The van der Waals surface area contributed by atoms with Gasteiger partial charge in [0.05, 0.1) is 0 Å². The summed E-state index contributed by atoms with van der Waals surface area (Å²) in [5.41, 5.74) is 0.0756. The summed E-state index contributed by atoms with van der Waals surface area (Å²) in [7, 11) is -4.44. The van der Waals surface area contributed by atoms with Gasteiger partial charge in [-0.3, -0.25) is 4.55 Å². The van der Waals surface area contributed by atoms with Crippen LogP contribution in [0, 0.1) is 0 Å². The third kappa shape index (κ3) is 2.31. The van der Waals surface area contributed by atoms with Crippen LogP contribution in [0.15, 0.2) is 24.3 Å². The van der Waals surface area contributed by atoms with Gasteiger partial charge in [0, 0.05) is 5.02 Å². The van der Waals surface area contributed by atoms with Crippen LogP contribution in [0.2, 0.25) is 5.02 Å². The molecule has 0 amide bonds. The highest BCUT2D eigenvalue weighted by atomic mass is 35.5. The standard InChI is InChI=1S/C8H7ClO4S/c9-7-4-2-1-3-6(7)8(5-10)14(11,12)13/h1-5,8H,(H,11,12,13). The molecule has 1 atom stereocenters. The molecule has 0 saturated carbocycles. The van der Waals surface area contributed by atoms with Crippen molar-refractivity contribution in [2.24, 2.45) is 0 Å². The summed E-state index contributed by atoms with van der Waals surface area (Å²) in [5, 5.41) is -1.49. The molecule has 1 unspecified atom stereocenters. The van der Waals surface area contributed by atoms with Gasteiger partial charge < -0.3 is 4.79 Å². The molecule has 0 aliphatic rings. The van der Waals surface area contributed by atoms with E-state index in [0.29, 0.717) is 0 Å². The molecule has 0 aliphatic carbocycles. The van der Waals surface area contributed by atoms with Crippen molar-refractivity contribution < 1.29 is 17.8 Å². The Bertz CT molecular complexity index is 440. The molecule has 1 rings (SSSR count). The zero-order valence-electron chi connectivity index (χ0n) is 6.92. The van der Waals surface area contributed by atoms with Crippen LogP contribution in [0.25, 0.3) is 0 Å². The molecule has 1 N–H and O–H groups in total. The lowest BCUT2D eigenvalue weighted by Gasteiger charge is -2.08. The molecule has 6 heteroatoms. The molecule has 1 aromatic rings. The number of hydrogen-bond acceptors (Lipinski definition) is 3. The Morgan fingerprint density at radius 1 is 1.36 bits per heavy atom. The maximum absolute atomic E-state index is 10.8. The number of benzene rings is 1. The zero-order valence-corrected chi connectivity index (χ0v) is 8.49. The zero-order chi connectivity index (χ0) is 10.8. The van der Waals surface area contributed by atoms with Crippen LogP contribution >= 0.6 is 11.6 Å². The van der Waals surface area contributed by atoms with Crippen molar-refractivity contribution in [3.8, 4) is 0 Å². The summed E-state index contributed by atoms with van der Waals surface area (Å²) in [6, 6.07) is 5.94. The minimum Gasteiger partial charge on any atom is -0.301 e. The fourth-order valence-electron chi connectivity index (χ4n) is 1.01. The van der Waals surface area contributed by atoms with Gasteiger partial charge in [-0.05, 0) is 11.6 Å². The molecule has 0 spiro atoms. The first-order valence-corrected chi connectivity index (χ1v) is 5.51. The van der Waals surface area contributed by atoms with Crippen molar-refractivity contribution in [2.75, 3.05) is 0 Å². The molecule has 0 fully saturated rings. The monoisotopic (exact) mass is 234 g/mol. The number of carbonyl (C=O) groups excluding carboxylic acids is 1. The summed E-state index contributed by atoms with van der Waals surface area (Å²) in [5.74, 6) is 0. The molecule has 1 aromatic carbocycles. The number of aldehydes is 1. The van der Waals surface area contributed by atoms with E-state index in [4.69, 9.17) is 16.2 Å². The van der Waals surface area contributed by atoms with E-state index in [0.717, 1.165) is 0 Å². The fourth-order valence-corrected chi connectivity index (χ4v) is 1.99. The topological polar surface area (TPSA) is 71.4 Å². The molecule has 4 nitrogen and oxygen atoms in total.